The fourth-order valence-electron chi connectivity index (χ4n) is 3.41. The number of amides is 3. The van der Waals surface area contributed by atoms with E-state index in [0.29, 0.717) is 22.6 Å². The second-order valence-electron chi connectivity index (χ2n) is 7.59. The maximum absolute atomic E-state index is 13.1. The number of rotatable bonds is 5. The predicted molar refractivity (Wildman–Crippen MR) is 133 cm³/mol. The molecule has 1 aliphatic rings. The summed E-state index contributed by atoms with van der Waals surface area (Å²) in [5.41, 5.74) is 3.62. The summed E-state index contributed by atoms with van der Waals surface area (Å²) in [7, 11) is 0. The van der Waals surface area contributed by atoms with Gasteiger partial charge in [-0.25, -0.2) is 4.90 Å². The van der Waals surface area contributed by atoms with E-state index in [1.807, 2.05) is 38.1 Å². The van der Waals surface area contributed by atoms with E-state index < -0.39 is 11.8 Å². The molecule has 166 valence electrons. The van der Waals surface area contributed by atoms with Crippen LogP contribution in [0.4, 0.5) is 17.1 Å². The standard InChI is InChI=1S/C25H19BrClN3O3/c1-14-6-7-15(2)20(12-14)30-24(32)21(27)22(25(30)33)28-19-5-3-4-16(13-19)23(31)29-18-10-8-17(26)9-11-18/h3-13,28H,1-2H3,(H,29,31). The Kier molecular flexibility index (Phi) is 6.35. The fourth-order valence-corrected chi connectivity index (χ4v) is 3.89. The highest BCUT2D eigenvalue weighted by molar-refractivity contribution is 9.10. The van der Waals surface area contributed by atoms with Crippen molar-refractivity contribution in [2.24, 2.45) is 0 Å². The minimum Gasteiger partial charge on any atom is -0.350 e. The average molecular weight is 525 g/mol. The number of anilines is 3. The van der Waals surface area contributed by atoms with Gasteiger partial charge in [0, 0.05) is 21.4 Å². The molecule has 1 aliphatic heterocycles. The van der Waals surface area contributed by atoms with Crippen LogP contribution in [0, 0.1) is 13.8 Å². The molecule has 0 saturated carbocycles. The minimum atomic E-state index is -0.595. The summed E-state index contributed by atoms with van der Waals surface area (Å²) in [6, 6.07) is 19.3. The van der Waals surface area contributed by atoms with Crippen molar-refractivity contribution in [2.45, 2.75) is 13.8 Å². The van der Waals surface area contributed by atoms with Gasteiger partial charge in [-0.05, 0) is 73.5 Å². The van der Waals surface area contributed by atoms with Gasteiger partial charge in [0.1, 0.15) is 10.7 Å². The molecular formula is C25H19BrClN3O3. The average Bonchev–Trinajstić information content (AvgIpc) is 3.00. The first-order chi connectivity index (χ1) is 15.7. The summed E-state index contributed by atoms with van der Waals surface area (Å²) in [6.07, 6.45) is 0. The van der Waals surface area contributed by atoms with Crippen molar-refractivity contribution in [2.75, 3.05) is 15.5 Å². The first-order valence-corrected chi connectivity index (χ1v) is 11.2. The lowest BCUT2D eigenvalue weighted by atomic mass is 10.1. The van der Waals surface area contributed by atoms with Crippen molar-refractivity contribution < 1.29 is 14.4 Å². The first-order valence-electron chi connectivity index (χ1n) is 10.0. The van der Waals surface area contributed by atoms with Gasteiger partial charge in [-0.3, -0.25) is 14.4 Å². The zero-order valence-corrected chi connectivity index (χ0v) is 20.1. The van der Waals surface area contributed by atoms with Gasteiger partial charge in [0.05, 0.1) is 5.69 Å². The molecule has 0 atom stereocenters. The summed E-state index contributed by atoms with van der Waals surface area (Å²) >= 11 is 9.61. The van der Waals surface area contributed by atoms with Gasteiger partial charge in [-0.1, -0.05) is 45.7 Å². The number of halogens is 2. The van der Waals surface area contributed by atoms with Crippen molar-refractivity contribution in [1.29, 1.82) is 0 Å². The molecule has 0 bridgehead atoms. The van der Waals surface area contributed by atoms with Crippen LogP contribution in [0.3, 0.4) is 0 Å². The van der Waals surface area contributed by atoms with E-state index in [1.165, 1.54) is 0 Å². The number of hydrogen-bond donors (Lipinski definition) is 2. The summed E-state index contributed by atoms with van der Waals surface area (Å²) < 4.78 is 0.905. The van der Waals surface area contributed by atoms with Crippen molar-refractivity contribution >= 4 is 62.3 Å². The quantitative estimate of drug-likeness (QED) is 0.416. The van der Waals surface area contributed by atoms with Crippen LogP contribution < -0.4 is 15.5 Å². The van der Waals surface area contributed by atoms with Crippen LogP contribution in [0.5, 0.6) is 0 Å². The number of aryl methyl sites for hydroxylation is 2. The summed E-state index contributed by atoms with van der Waals surface area (Å²) in [5.74, 6) is -1.46. The lowest BCUT2D eigenvalue weighted by Crippen LogP contribution is -2.33. The van der Waals surface area contributed by atoms with E-state index in [0.717, 1.165) is 20.5 Å². The molecule has 4 rings (SSSR count). The molecule has 6 nitrogen and oxygen atoms in total. The Morgan fingerprint density at radius 1 is 0.909 bits per heavy atom. The van der Waals surface area contributed by atoms with E-state index in [1.54, 1.807) is 42.5 Å². The molecule has 1 heterocycles. The Labute approximate surface area is 204 Å². The SMILES string of the molecule is Cc1ccc(C)c(N2C(=O)C(Cl)=C(Nc3cccc(C(=O)Nc4ccc(Br)cc4)c3)C2=O)c1. The second kappa shape index (κ2) is 9.21. The van der Waals surface area contributed by atoms with E-state index in [4.69, 9.17) is 11.6 Å². The Balaban J connectivity index is 1.56. The number of imide groups is 1. The number of nitrogens with one attached hydrogen (secondary N) is 2. The zero-order chi connectivity index (χ0) is 23.7. The number of carbonyl (C=O) groups is 3. The molecule has 8 heteroatoms. The van der Waals surface area contributed by atoms with E-state index in [9.17, 15) is 14.4 Å². The normalized spacial score (nSPS) is 13.5. The highest BCUT2D eigenvalue weighted by Crippen LogP contribution is 2.32. The Morgan fingerprint density at radius 2 is 1.64 bits per heavy atom. The van der Waals surface area contributed by atoms with E-state index in [2.05, 4.69) is 26.6 Å². The maximum atomic E-state index is 13.1. The predicted octanol–water partition coefficient (Wildman–Crippen LogP) is 5.75. The maximum Gasteiger partial charge on any atom is 0.283 e. The zero-order valence-electron chi connectivity index (χ0n) is 17.8. The van der Waals surface area contributed by atoms with Crippen LogP contribution in [0.25, 0.3) is 0 Å². The molecule has 0 unspecified atom stereocenters. The van der Waals surface area contributed by atoms with Crippen LogP contribution in [-0.2, 0) is 9.59 Å². The molecule has 33 heavy (non-hydrogen) atoms. The number of carbonyl (C=O) groups excluding carboxylic acids is 3. The van der Waals surface area contributed by atoms with Crippen LogP contribution in [-0.4, -0.2) is 17.7 Å². The number of hydrogen-bond acceptors (Lipinski definition) is 4. The van der Waals surface area contributed by atoms with Crippen molar-refractivity contribution in [1.82, 2.24) is 0 Å². The Morgan fingerprint density at radius 3 is 2.36 bits per heavy atom. The molecule has 0 saturated heterocycles. The fraction of sp³-hybridized carbons (Fsp3) is 0.0800. The third-order valence-electron chi connectivity index (χ3n) is 5.13. The Bertz CT molecular complexity index is 1320. The lowest BCUT2D eigenvalue weighted by Gasteiger charge is -2.18. The van der Waals surface area contributed by atoms with Crippen molar-refractivity contribution in [3.05, 3.63) is 98.6 Å². The lowest BCUT2D eigenvalue weighted by molar-refractivity contribution is -0.120. The van der Waals surface area contributed by atoms with Gasteiger partial charge in [-0.2, -0.15) is 0 Å². The molecule has 0 radical (unpaired) electrons. The smallest absolute Gasteiger partial charge is 0.283 e. The van der Waals surface area contributed by atoms with Gasteiger partial charge in [0.25, 0.3) is 17.7 Å². The van der Waals surface area contributed by atoms with E-state index in [-0.39, 0.29) is 16.6 Å². The van der Waals surface area contributed by atoms with Gasteiger partial charge in [-0.15, -0.1) is 0 Å². The molecule has 3 amide bonds. The highest BCUT2D eigenvalue weighted by atomic mass is 79.9. The van der Waals surface area contributed by atoms with Gasteiger partial charge in [0.2, 0.25) is 0 Å². The third-order valence-corrected chi connectivity index (χ3v) is 6.01. The summed E-state index contributed by atoms with van der Waals surface area (Å²) in [5, 5.41) is 5.53. The molecule has 0 fully saturated rings. The minimum absolute atomic E-state index is 0.0342. The Hall–Kier alpha value is -3.42. The monoisotopic (exact) mass is 523 g/mol. The number of nitrogens with zero attached hydrogens (tertiary/aromatic N) is 1. The van der Waals surface area contributed by atoms with Gasteiger partial charge in [0.15, 0.2) is 0 Å². The molecule has 0 aliphatic carbocycles. The van der Waals surface area contributed by atoms with Crippen molar-refractivity contribution in [3.63, 3.8) is 0 Å². The summed E-state index contributed by atoms with van der Waals surface area (Å²) in [6.45, 7) is 3.70. The van der Waals surface area contributed by atoms with E-state index >= 15 is 0 Å². The molecule has 3 aromatic rings. The van der Waals surface area contributed by atoms with Crippen LogP contribution in [0.1, 0.15) is 21.5 Å². The van der Waals surface area contributed by atoms with Crippen LogP contribution >= 0.6 is 27.5 Å². The van der Waals surface area contributed by atoms with Crippen LogP contribution in [0.2, 0.25) is 0 Å². The third kappa shape index (κ3) is 4.69. The molecule has 3 aromatic carbocycles. The molecular weight excluding hydrogens is 506 g/mol. The van der Waals surface area contributed by atoms with Gasteiger partial charge < -0.3 is 10.6 Å². The molecule has 0 spiro atoms. The molecule has 0 aromatic heterocycles. The second-order valence-corrected chi connectivity index (χ2v) is 8.89. The largest absolute Gasteiger partial charge is 0.350 e. The van der Waals surface area contributed by atoms with Crippen LogP contribution in [0.15, 0.2) is 81.9 Å². The highest BCUT2D eigenvalue weighted by Gasteiger charge is 2.39. The van der Waals surface area contributed by atoms with Crippen molar-refractivity contribution in [3.8, 4) is 0 Å². The number of benzene rings is 3. The summed E-state index contributed by atoms with van der Waals surface area (Å²) in [4.78, 5) is 39.6. The molecule has 2 N–H and O–H groups in total. The van der Waals surface area contributed by atoms with Gasteiger partial charge >= 0.3 is 0 Å². The first kappa shape index (κ1) is 22.8. The topological polar surface area (TPSA) is 78.5 Å².